The predicted molar refractivity (Wildman–Crippen MR) is 139 cm³/mol. The molecule has 6 rings (SSSR count). The standard InChI is InChI=1S/C29H29F4N5O/c30-19-4-7-24(31)23(14-19)22-10-13-34-25(17-8-11-29(32,33)12-9-17)26(22)37-27(39)18-15-35-28(36-16-18)38-20-2-1-3-21(38)6-5-20/h4,7,10,13-17,20-21H,1-3,5-6,8-9,11-12H2,(H,37,39). The largest absolute Gasteiger partial charge is 0.335 e. The number of hydrogen-bond acceptors (Lipinski definition) is 5. The molecule has 2 atom stereocenters. The number of hydrogen-bond donors (Lipinski definition) is 1. The van der Waals surface area contributed by atoms with Gasteiger partial charge in [0.1, 0.15) is 11.6 Å². The first-order valence-electron chi connectivity index (χ1n) is 13.5. The number of nitrogens with one attached hydrogen (secondary N) is 1. The van der Waals surface area contributed by atoms with Crippen molar-refractivity contribution in [3.05, 3.63) is 65.7 Å². The van der Waals surface area contributed by atoms with E-state index in [9.17, 15) is 22.4 Å². The summed E-state index contributed by atoms with van der Waals surface area (Å²) in [5, 5.41) is 2.82. The number of nitrogens with zero attached hydrogens (tertiary/aromatic N) is 4. The van der Waals surface area contributed by atoms with Crippen molar-refractivity contribution >= 4 is 17.5 Å². The summed E-state index contributed by atoms with van der Waals surface area (Å²) in [6.45, 7) is 0. The number of carbonyl (C=O) groups is 1. The zero-order valence-electron chi connectivity index (χ0n) is 21.3. The van der Waals surface area contributed by atoms with Gasteiger partial charge in [-0.2, -0.15) is 0 Å². The number of carbonyl (C=O) groups excluding carboxylic acids is 1. The van der Waals surface area contributed by atoms with Crippen LogP contribution in [0.25, 0.3) is 11.1 Å². The van der Waals surface area contributed by atoms with Gasteiger partial charge in [0.15, 0.2) is 0 Å². The van der Waals surface area contributed by atoms with Crippen LogP contribution in [0.1, 0.15) is 79.8 Å². The third-order valence-electron chi connectivity index (χ3n) is 8.37. The van der Waals surface area contributed by atoms with E-state index >= 15 is 0 Å². The Balaban J connectivity index is 1.32. The first-order chi connectivity index (χ1) is 18.8. The minimum absolute atomic E-state index is 0.0535. The number of rotatable bonds is 5. The van der Waals surface area contributed by atoms with Crippen LogP contribution in [0.2, 0.25) is 0 Å². The molecule has 204 valence electrons. The molecule has 1 aromatic carbocycles. The smallest absolute Gasteiger partial charge is 0.258 e. The van der Waals surface area contributed by atoms with E-state index in [1.165, 1.54) is 31.1 Å². The van der Waals surface area contributed by atoms with Gasteiger partial charge in [-0.25, -0.2) is 27.5 Å². The number of amides is 1. The van der Waals surface area contributed by atoms with Crippen LogP contribution in [0, 0.1) is 11.6 Å². The topological polar surface area (TPSA) is 71.0 Å². The summed E-state index contributed by atoms with van der Waals surface area (Å²) in [6, 6.07) is 5.40. The van der Waals surface area contributed by atoms with Crippen LogP contribution in [0.15, 0.2) is 42.9 Å². The van der Waals surface area contributed by atoms with Crippen molar-refractivity contribution < 1.29 is 22.4 Å². The number of aromatic nitrogens is 3. The van der Waals surface area contributed by atoms with Crippen LogP contribution in [0.4, 0.5) is 29.2 Å². The number of anilines is 2. The zero-order chi connectivity index (χ0) is 27.1. The van der Waals surface area contributed by atoms with Crippen LogP contribution in [0.5, 0.6) is 0 Å². The van der Waals surface area contributed by atoms with E-state index in [0.29, 0.717) is 23.7 Å². The summed E-state index contributed by atoms with van der Waals surface area (Å²) in [6.07, 6.45) is 9.72. The molecular formula is C29H29F4N5O. The Bertz CT molecular complexity index is 1360. The summed E-state index contributed by atoms with van der Waals surface area (Å²) < 4.78 is 56.7. The SMILES string of the molecule is O=C(Nc1c(-c2cc(F)ccc2F)ccnc1C1CCC(F)(F)CC1)c1cnc(N2C3CCCC2CC3)nc1. The van der Waals surface area contributed by atoms with Crippen molar-refractivity contribution in [3.63, 3.8) is 0 Å². The van der Waals surface area contributed by atoms with Gasteiger partial charge in [0.05, 0.1) is 16.9 Å². The van der Waals surface area contributed by atoms with Crippen LogP contribution in [-0.4, -0.2) is 38.9 Å². The lowest BCUT2D eigenvalue weighted by atomic mass is 9.83. The molecule has 0 radical (unpaired) electrons. The van der Waals surface area contributed by atoms with Gasteiger partial charge >= 0.3 is 0 Å². The van der Waals surface area contributed by atoms with E-state index in [1.807, 2.05) is 0 Å². The van der Waals surface area contributed by atoms with Gasteiger partial charge in [0.2, 0.25) is 11.9 Å². The molecule has 1 aliphatic carbocycles. The van der Waals surface area contributed by atoms with Gasteiger partial charge in [-0.15, -0.1) is 0 Å². The minimum atomic E-state index is -2.75. The first-order valence-corrected chi connectivity index (χ1v) is 13.5. The highest BCUT2D eigenvalue weighted by atomic mass is 19.3. The molecular weight excluding hydrogens is 510 g/mol. The van der Waals surface area contributed by atoms with Crippen LogP contribution >= 0.6 is 0 Å². The molecule has 0 spiro atoms. The van der Waals surface area contributed by atoms with Crippen molar-refractivity contribution in [1.82, 2.24) is 15.0 Å². The Morgan fingerprint density at radius 3 is 2.28 bits per heavy atom. The zero-order valence-corrected chi connectivity index (χ0v) is 21.3. The Hall–Kier alpha value is -3.56. The van der Waals surface area contributed by atoms with E-state index in [2.05, 4.69) is 25.2 Å². The molecule has 39 heavy (non-hydrogen) atoms. The van der Waals surface area contributed by atoms with E-state index < -0.39 is 23.5 Å². The van der Waals surface area contributed by atoms with Crippen LogP contribution in [0.3, 0.4) is 0 Å². The molecule has 10 heteroatoms. The molecule has 1 N–H and O–H groups in total. The lowest BCUT2D eigenvalue weighted by molar-refractivity contribution is -0.0384. The van der Waals surface area contributed by atoms with Crippen LogP contribution in [-0.2, 0) is 0 Å². The second kappa shape index (κ2) is 10.2. The Kier molecular flexibility index (Phi) is 6.72. The van der Waals surface area contributed by atoms with E-state index in [0.717, 1.165) is 43.9 Å². The lowest BCUT2D eigenvalue weighted by Crippen LogP contribution is -2.40. The number of fused-ring (bicyclic) bond motifs is 2. The monoisotopic (exact) mass is 539 g/mol. The molecule has 2 bridgehead atoms. The summed E-state index contributed by atoms with van der Waals surface area (Å²) in [7, 11) is 0. The van der Waals surface area contributed by atoms with Crippen molar-refractivity contribution in [2.75, 3.05) is 10.2 Å². The quantitative estimate of drug-likeness (QED) is 0.358. The lowest BCUT2D eigenvalue weighted by Gasteiger charge is -2.34. The highest BCUT2D eigenvalue weighted by Gasteiger charge is 2.39. The fourth-order valence-corrected chi connectivity index (χ4v) is 6.36. The third kappa shape index (κ3) is 5.08. The second-order valence-electron chi connectivity index (χ2n) is 10.8. The molecule has 2 aliphatic heterocycles. The molecule has 2 unspecified atom stereocenters. The number of benzene rings is 1. The average molecular weight is 540 g/mol. The highest BCUT2D eigenvalue weighted by Crippen LogP contribution is 2.44. The summed E-state index contributed by atoms with van der Waals surface area (Å²) in [5.74, 6) is -4.38. The molecule has 1 saturated carbocycles. The number of alkyl halides is 2. The van der Waals surface area contributed by atoms with Crippen molar-refractivity contribution in [1.29, 1.82) is 0 Å². The third-order valence-corrected chi connectivity index (χ3v) is 8.37. The predicted octanol–water partition coefficient (Wildman–Crippen LogP) is 6.88. The van der Waals surface area contributed by atoms with Crippen LogP contribution < -0.4 is 10.2 Å². The molecule has 6 nitrogen and oxygen atoms in total. The first kappa shape index (κ1) is 25.7. The molecule has 3 aromatic rings. The highest BCUT2D eigenvalue weighted by molar-refractivity contribution is 6.06. The Morgan fingerprint density at radius 2 is 1.59 bits per heavy atom. The second-order valence-corrected chi connectivity index (χ2v) is 10.8. The normalized spacial score (nSPS) is 22.6. The maximum atomic E-state index is 14.8. The van der Waals surface area contributed by atoms with Crippen molar-refractivity contribution in [2.24, 2.45) is 0 Å². The average Bonchev–Trinajstić information content (AvgIpc) is 3.18. The Morgan fingerprint density at radius 1 is 0.897 bits per heavy atom. The number of piperidine rings is 1. The summed E-state index contributed by atoms with van der Waals surface area (Å²) >= 11 is 0. The van der Waals surface area contributed by atoms with Gasteiger partial charge < -0.3 is 10.2 Å². The molecule has 4 heterocycles. The Labute approximate surface area is 223 Å². The van der Waals surface area contributed by atoms with Gasteiger partial charge in [0, 0.05) is 60.6 Å². The van der Waals surface area contributed by atoms with Crippen molar-refractivity contribution in [2.45, 2.75) is 81.7 Å². The van der Waals surface area contributed by atoms with Gasteiger partial charge in [-0.1, -0.05) is 0 Å². The summed E-state index contributed by atoms with van der Waals surface area (Å²) in [4.78, 5) is 29.0. The van der Waals surface area contributed by atoms with E-state index in [1.54, 1.807) is 0 Å². The van der Waals surface area contributed by atoms with Gasteiger partial charge in [-0.05, 0) is 69.2 Å². The maximum Gasteiger partial charge on any atom is 0.258 e. The number of halogens is 4. The fraction of sp³-hybridized carbons (Fsp3) is 0.448. The number of pyridine rings is 1. The molecule has 3 fully saturated rings. The maximum absolute atomic E-state index is 14.8. The van der Waals surface area contributed by atoms with Gasteiger partial charge in [0.25, 0.3) is 5.91 Å². The molecule has 3 aliphatic rings. The minimum Gasteiger partial charge on any atom is -0.335 e. The summed E-state index contributed by atoms with van der Waals surface area (Å²) in [5.41, 5.74) is 0.925. The van der Waals surface area contributed by atoms with Crippen molar-refractivity contribution in [3.8, 4) is 11.1 Å². The molecule has 2 aromatic heterocycles. The fourth-order valence-electron chi connectivity index (χ4n) is 6.36. The molecule has 1 amide bonds. The van der Waals surface area contributed by atoms with Gasteiger partial charge in [-0.3, -0.25) is 9.78 Å². The molecule has 2 saturated heterocycles. The van der Waals surface area contributed by atoms with E-state index in [-0.39, 0.29) is 54.0 Å². The van der Waals surface area contributed by atoms with E-state index in [4.69, 9.17) is 0 Å².